The monoisotopic (exact) mass is 403 g/mol. The average Bonchev–Trinajstić information content (AvgIpc) is 2.95. The van der Waals surface area contributed by atoms with Crippen LogP contribution in [0.4, 0.5) is 0 Å². The van der Waals surface area contributed by atoms with E-state index in [9.17, 15) is 5.11 Å². The zero-order valence-corrected chi connectivity index (χ0v) is 15.8. The van der Waals surface area contributed by atoms with Gasteiger partial charge in [0.05, 0.1) is 7.11 Å². The van der Waals surface area contributed by atoms with Crippen LogP contribution in [0.25, 0.3) is 0 Å². The summed E-state index contributed by atoms with van der Waals surface area (Å²) in [5.74, 6) is 1.95. The number of benzene rings is 1. The number of halogens is 1. The quantitative estimate of drug-likeness (QED) is 0.787. The molecule has 4 aliphatic rings. The Labute approximate surface area is 156 Å². The van der Waals surface area contributed by atoms with Crippen molar-refractivity contribution in [3.63, 3.8) is 0 Å². The summed E-state index contributed by atoms with van der Waals surface area (Å²) < 4.78 is 13.1. The molecule has 1 fully saturated rings. The molecule has 5 heteroatoms. The van der Waals surface area contributed by atoms with Gasteiger partial charge in [0.1, 0.15) is 12.2 Å². The van der Waals surface area contributed by atoms with Gasteiger partial charge >= 0.3 is 0 Å². The average molecular weight is 404 g/mol. The molecule has 1 aromatic rings. The number of rotatable bonds is 3. The van der Waals surface area contributed by atoms with Gasteiger partial charge in [-0.3, -0.25) is 4.90 Å². The van der Waals surface area contributed by atoms with Crippen molar-refractivity contribution in [1.82, 2.24) is 4.90 Å². The minimum Gasteiger partial charge on any atom is -0.493 e. The first kappa shape index (κ1) is 15.9. The van der Waals surface area contributed by atoms with Gasteiger partial charge in [0.2, 0.25) is 0 Å². The van der Waals surface area contributed by atoms with E-state index in [-0.39, 0.29) is 11.5 Å². The van der Waals surface area contributed by atoms with E-state index in [0.717, 1.165) is 41.9 Å². The molecule has 1 spiro atoms. The Hall–Kier alpha value is -1.30. The molecular weight excluding hydrogens is 382 g/mol. The largest absolute Gasteiger partial charge is 0.493 e. The molecule has 0 unspecified atom stereocenters. The van der Waals surface area contributed by atoms with E-state index in [1.165, 1.54) is 11.1 Å². The minimum absolute atomic E-state index is 0.156. The van der Waals surface area contributed by atoms with Crippen molar-refractivity contribution in [3.8, 4) is 11.5 Å². The molecular formula is C20H22BrNO3. The lowest BCUT2D eigenvalue weighted by molar-refractivity contribution is -0.0489. The number of hydrogen-bond acceptors (Lipinski definition) is 4. The fraction of sp³-hybridized carbons (Fsp3) is 0.500. The van der Waals surface area contributed by atoms with Crippen LogP contribution in [0.1, 0.15) is 17.5 Å². The Morgan fingerprint density at radius 1 is 1.52 bits per heavy atom. The van der Waals surface area contributed by atoms with Crippen molar-refractivity contribution in [1.29, 1.82) is 0 Å². The lowest BCUT2D eigenvalue weighted by atomic mass is 9.53. The van der Waals surface area contributed by atoms with Crippen LogP contribution in [0.2, 0.25) is 0 Å². The number of likely N-dealkylation sites (tertiary alicyclic amines) is 1. The first-order valence-electron chi connectivity index (χ1n) is 8.89. The first-order valence-corrected chi connectivity index (χ1v) is 9.69. The molecule has 2 aliphatic heterocycles. The van der Waals surface area contributed by atoms with E-state index in [2.05, 4.69) is 33.5 Å². The second-order valence-corrected chi connectivity index (χ2v) is 8.38. The van der Waals surface area contributed by atoms with Gasteiger partial charge in [-0.15, -0.1) is 6.58 Å². The third-order valence-electron chi connectivity index (χ3n) is 6.63. The van der Waals surface area contributed by atoms with E-state index >= 15 is 0 Å². The highest BCUT2D eigenvalue weighted by Crippen LogP contribution is 2.63. The molecule has 2 bridgehead atoms. The summed E-state index contributed by atoms with van der Waals surface area (Å²) in [5, 5.41) is 10.7. The predicted octanol–water partition coefficient (Wildman–Crippen LogP) is 2.82. The Bertz CT molecular complexity index is 792. The van der Waals surface area contributed by atoms with Crippen LogP contribution in [-0.2, 0) is 11.8 Å². The van der Waals surface area contributed by atoms with Crippen LogP contribution in [0.5, 0.6) is 11.5 Å². The zero-order valence-electron chi connectivity index (χ0n) is 14.2. The maximum atomic E-state index is 10.7. The van der Waals surface area contributed by atoms with E-state index in [4.69, 9.17) is 9.47 Å². The van der Waals surface area contributed by atoms with Crippen LogP contribution in [0, 0.1) is 5.92 Å². The molecule has 0 amide bonds. The second kappa shape index (κ2) is 5.35. The van der Waals surface area contributed by atoms with Crippen LogP contribution in [0.3, 0.4) is 0 Å². The molecule has 132 valence electrons. The van der Waals surface area contributed by atoms with E-state index in [0.29, 0.717) is 12.0 Å². The van der Waals surface area contributed by atoms with Gasteiger partial charge in [0, 0.05) is 34.0 Å². The summed E-state index contributed by atoms with van der Waals surface area (Å²) in [6.45, 7) is 5.83. The van der Waals surface area contributed by atoms with Crippen LogP contribution >= 0.6 is 15.9 Å². The maximum Gasteiger partial charge on any atom is 0.166 e. The summed E-state index contributed by atoms with van der Waals surface area (Å²) in [7, 11) is 1.68. The number of methoxy groups -OCH3 is 1. The molecule has 1 N–H and O–H groups in total. The number of aliphatic hydroxyl groups excluding tert-OH is 1. The normalized spacial score (nSPS) is 37.4. The fourth-order valence-corrected chi connectivity index (χ4v) is 6.27. The van der Waals surface area contributed by atoms with Crippen molar-refractivity contribution in [2.45, 2.75) is 36.5 Å². The van der Waals surface area contributed by atoms with Crippen LogP contribution in [-0.4, -0.2) is 48.5 Å². The molecule has 0 saturated carbocycles. The summed E-state index contributed by atoms with van der Waals surface area (Å²) in [6, 6.07) is 2.42. The summed E-state index contributed by atoms with van der Waals surface area (Å²) in [5.41, 5.74) is 2.43. The molecule has 2 aliphatic carbocycles. The molecule has 0 radical (unpaired) electrons. The Balaban J connectivity index is 1.78. The van der Waals surface area contributed by atoms with Gasteiger partial charge < -0.3 is 14.6 Å². The highest BCUT2D eigenvalue weighted by atomic mass is 79.9. The van der Waals surface area contributed by atoms with Crippen LogP contribution < -0.4 is 9.47 Å². The molecule has 5 atom stereocenters. The Morgan fingerprint density at radius 3 is 3.12 bits per heavy atom. The fourth-order valence-electron chi connectivity index (χ4n) is 5.70. The van der Waals surface area contributed by atoms with Crippen molar-refractivity contribution in [2.24, 2.45) is 5.92 Å². The zero-order chi connectivity index (χ0) is 17.3. The molecule has 0 aromatic heterocycles. The van der Waals surface area contributed by atoms with Crippen LogP contribution in [0.15, 0.2) is 35.3 Å². The van der Waals surface area contributed by atoms with Crippen molar-refractivity contribution in [3.05, 3.63) is 46.5 Å². The highest BCUT2D eigenvalue weighted by Gasteiger charge is 2.64. The van der Waals surface area contributed by atoms with Gasteiger partial charge in [0.25, 0.3) is 0 Å². The topological polar surface area (TPSA) is 41.9 Å². The first-order chi connectivity index (χ1) is 12.1. The van der Waals surface area contributed by atoms with Gasteiger partial charge in [0.15, 0.2) is 11.5 Å². The number of aliphatic hydroxyl groups is 1. The Kier molecular flexibility index (Phi) is 3.41. The number of hydrogen-bond donors (Lipinski definition) is 1. The molecule has 2 heterocycles. The summed E-state index contributed by atoms with van der Waals surface area (Å²) in [6.07, 6.45) is 7.30. The summed E-state index contributed by atoms with van der Waals surface area (Å²) >= 11 is 3.77. The maximum absolute atomic E-state index is 10.7. The number of nitrogens with zero attached hydrogens (tertiary/aromatic N) is 1. The number of ether oxygens (including phenoxy) is 2. The Morgan fingerprint density at radius 2 is 2.36 bits per heavy atom. The van der Waals surface area contributed by atoms with Crippen molar-refractivity contribution in [2.75, 3.05) is 20.2 Å². The van der Waals surface area contributed by atoms with Gasteiger partial charge in [-0.1, -0.05) is 34.2 Å². The highest BCUT2D eigenvalue weighted by molar-refractivity contribution is 9.10. The van der Waals surface area contributed by atoms with E-state index < -0.39 is 6.10 Å². The summed E-state index contributed by atoms with van der Waals surface area (Å²) in [4.78, 5) is 2.53. The van der Waals surface area contributed by atoms with E-state index in [1.807, 2.05) is 18.2 Å². The smallest absolute Gasteiger partial charge is 0.166 e. The van der Waals surface area contributed by atoms with Gasteiger partial charge in [-0.25, -0.2) is 0 Å². The molecule has 4 nitrogen and oxygen atoms in total. The third kappa shape index (κ3) is 1.84. The van der Waals surface area contributed by atoms with Crippen molar-refractivity contribution < 1.29 is 14.6 Å². The number of piperidine rings is 1. The lowest BCUT2D eigenvalue weighted by Gasteiger charge is -2.57. The molecule has 1 aromatic carbocycles. The minimum atomic E-state index is -0.579. The molecule has 1 saturated heterocycles. The predicted molar refractivity (Wildman–Crippen MR) is 99.3 cm³/mol. The van der Waals surface area contributed by atoms with Gasteiger partial charge in [-0.05, 0) is 31.0 Å². The standard InChI is InChI=1S/C20H22BrNO3/c1-3-7-22-8-6-20-12-4-5-15(23)19(20)25-18-16(24-2)10-13(21)11(17(18)20)9-14(12)22/h3-5,10,12,14-15,19,23H,1,6-9H2,2H3/t12-,14+,15-,19-,20-/m0/s1. The van der Waals surface area contributed by atoms with Gasteiger partial charge in [-0.2, -0.15) is 0 Å². The van der Waals surface area contributed by atoms with E-state index in [1.54, 1.807) is 7.11 Å². The molecule has 5 rings (SSSR count). The second-order valence-electron chi connectivity index (χ2n) is 7.53. The third-order valence-corrected chi connectivity index (χ3v) is 7.34. The SMILES string of the molecule is C=CCN1CC[C@]23c4c5c(Br)cc(OC)c4O[C@H]2[C@@H](O)C=C[C@H]3[C@H]1C5. The van der Waals surface area contributed by atoms with Crippen molar-refractivity contribution >= 4 is 15.9 Å². The molecule has 25 heavy (non-hydrogen) atoms. The lowest BCUT2D eigenvalue weighted by Crippen LogP contribution is -2.65.